The van der Waals surface area contributed by atoms with Gasteiger partial charge in [0.15, 0.2) is 0 Å². The lowest BCUT2D eigenvalue weighted by Crippen LogP contribution is -2.50. The summed E-state index contributed by atoms with van der Waals surface area (Å²) in [6, 6.07) is 3.36. The van der Waals surface area contributed by atoms with Crippen molar-refractivity contribution in [3.63, 3.8) is 0 Å². The summed E-state index contributed by atoms with van der Waals surface area (Å²) in [4.78, 5) is 12.7. The van der Waals surface area contributed by atoms with Crippen molar-refractivity contribution in [2.45, 2.75) is 18.5 Å². The maximum Gasteiger partial charge on any atom is 0.325 e. The second kappa shape index (κ2) is 4.62. The Hall–Kier alpha value is -1.53. The van der Waals surface area contributed by atoms with Crippen LogP contribution in [0.2, 0.25) is 0 Å². The Balaban J connectivity index is 2.06. The molecule has 1 aliphatic heterocycles. The third-order valence-corrected chi connectivity index (χ3v) is 3.21. The average molecular weight is 256 g/mol. The van der Waals surface area contributed by atoms with Crippen molar-refractivity contribution in [1.29, 1.82) is 0 Å². The van der Waals surface area contributed by atoms with Crippen molar-refractivity contribution in [2.75, 3.05) is 13.1 Å². The molecule has 1 aromatic rings. The van der Waals surface area contributed by atoms with E-state index in [0.29, 0.717) is 18.5 Å². The van der Waals surface area contributed by atoms with E-state index in [4.69, 9.17) is 10.8 Å². The number of hydrogen-bond acceptors (Lipinski definition) is 3. The van der Waals surface area contributed by atoms with Crippen molar-refractivity contribution in [3.05, 3.63) is 35.4 Å². The van der Waals surface area contributed by atoms with Gasteiger partial charge in [-0.3, -0.25) is 9.69 Å². The van der Waals surface area contributed by atoms with E-state index in [2.05, 4.69) is 0 Å². The molecule has 98 valence electrons. The number of hydrogen-bond donors (Lipinski definition) is 2. The summed E-state index contributed by atoms with van der Waals surface area (Å²) >= 11 is 0. The molecule has 4 nitrogen and oxygen atoms in total. The van der Waals surface area contributed by atoms with E-state index in [1.165, 1.54) is 12.1 Å². The third kappa shape index (κ3) is 2.49. The maximum atomic E-state index is 13.4. The van der Waals surface area contributed by atoms with Crippen LogP contribution in [0.15, 0.2) is 18.2 Å². The van der Waals surface area contributed by atoms with E-state index in [1.807, 2.05) is 0 Å². The molecule has 1 fully saturated rings. The highest BCUT2D eigenvalue weighted by Gasteiger charge is 2.41. The summed E-state index contributed by atoms with van der Waals surface area (Å²) < 4.78 is 26.2. The number of aliphatic carboxylic acids is 1. The lowest BCUT2D eigenvalue weighted by atomic mass is 10.0. The Morgan fingerprint density at radius 2 is 2.22 bits per heavy atom. The van der Waals surface area contributed by atoms with Gasteiger partial charge in [-0.05, 0) is 12.5 Å². The predicted molar refractivity (Wildman–Crippen MR) is 60.8 cm³/mol. The predicted octanol–water partition coefficient (Wildman–Crippen LogP) is 0.953. The number of likely N-dealkylation sites (tertiary alicyclic amines) is 1. The third-order valence-electron chi connectivity index (χ3n) is 3.21. The Kier molecular flexibility index (Phi) is 3.32. The summed E-state index contributed by atoms with van der Waals surface area (Å²) in [6.45, 7) is 0.886. The second-order valence-corrected chi connectivity index (χ2v) is 4.66. The Morgan fingerprint density at radius 3 is 2.78 bits per heavy atom. The molecular formula is C12H14F2N2O2. The first kappa shape index (κ1) is 12.9. The first-order valence-corrected chi connectivity index (χ1v) is 5.59. The number of carbonyl (C=O) groups is 1. The topological polar surface area (TPSA) is 66.6 Å². The van der Waals surface area contributed by atoms with E-state index in [1.54, 1.807) is 4.90 Å². The first-order valence-electron chi connectivity index (χ1n) is 5.59. The first-order chi connectivity index (χ1) is 8.40. The lowest BCUT2D eigenvalue weighted by molar-refractivity contribution is -0.142. The number of benzene rings is 1. The van der Waals surface area contributed by atoms with Gasteiger partial charge in [0, 0.05) is 31.3 Å². The van der Waals surface area contributed by atoms with Gasteiger partial charge in [-0.1, -0.05) is 6.07 Å². The van der Waals surface area contributed by atoms with Gasteiger partial charge >= 0.3 is 5.97 Å². The molecule has 18 heavy (non-hydrogen) atoms. The van der Waals surface area contributed by atoms with Gasteiger partial charge in [-0.25, -0.2) is 8.78 Å². The van der Waals surface area contributed by atoms with Gasteiger partial charge in [0.1, 0.15) is 17.2 Å². The van der Waals surface area contributed by atoms with Crippen LogP contribution in [0.5, 0.6) is 0 Å². The molecule has 0 aromatic heterocycles. The molecule has 2 rings (SSSR count). The van der Waals surface area contributed by atoms with E-state index in [-0.39, 0.29) is 13.1 Å². The molecule has 1 aliphatic rings. The summed E-state index contributed by atoms with van der Waals surface area (Å²) in [5.41, 5.74) is 4.78. The maximum absolute atomic E-state index is 13.4. The number of carboxylic acids is 1. The minimum Gasteiger partial charge on any atom is -0.480 e. The Morgan fingerprint density at radius 1 is 1.50 bits per heavy atom. The summed E-state index contributed by atoms with van der Waals surface area (Å²) in [7, 11) is 0. The zero-order chi connectivity index (χ0) is 13.3. The molecule has 0 aliphatic carbocycles. The standard InChI is InChI=1S/C12H14F2N2O2/c13-9-2-1-8(10(14)5-9)6-16-4-3-12(15,7-16)11(17)18/h1-2,5H,3-4,6-7,15H2,(H,17,18). The van der Waals surface area contributed by atoms with Gasteiger partial charge in [0.05, 0.1) is 0 Å². The molecule has 0 amide bonds. The number of nitrogens with zero attached hydrogens (tertiary/aromatic N) is 1. The highest BCUT2D eigenvalue weighted by molar-refractivity contribution is 5.79. The fourth-order valence-electron chi connectivity index (χ4n) is 2.12. The van der Waals surface area contributed by atoms with E-state index >= 15 is 0 Å². The summed E-state index contributed by atoms with van der Waals surface area (Å²) in [5.74, 6) is -2.30. The molecule has 1 unspecified atom stereocenters. The van der Waals surface area contributed by atoms with Crippen LogP contribution in [-0.2, 0) is 11.3 Å². The van der Waals surface area contributed by atoms with Gasteiger partial charge in [-0.2, -0.15) is 0 Å². The average Bonchev–Trinajstić information content (AvgIpc) is 2.66. The Bertz CT molecular complexity index is 481. The van der Waals surface area contributed by atoms with Crippen LogP contribution in [0.3, 0.4) is 0 Å². The number of carboxylic acid groups (broad SMARTS) is 1. The van der Waals surface area contributed by atoms with Gasteiger partial charge in [0.25, 0.3) is 0 Å². The van der Waals surface area contributed by atoms with Crippen LogP contribution in [0.25, 0.3) is 0 Å². The fourth-order valence-corrected chi connectivity index (χ4v) is 2.12. The molecular weight excluding hydrogens is 242 g/mol. The SMILES string of the molecule is NC1(C(=O)O)CCN(Cc2ccc(F)cc2F)C1. The van der Waals surface area contributed by atoms with Crippen LogP contribution in [0.1, 0.15) is 12.0 Å². The minimum atomic E-state index is -1.27. The quantitative estimate of drug-likeness (QED) is 0.845. The lowest BCUT2D eigenvalue weighted by Gasteiger charge is -2.20. The molecule has 6 heteroatoms. The molecule has 1 atom stereocenters. The van der Waals surface area contributed by atoms with Crippen molar-refractivity contribution in [1.82, 2.24) is 4.90 Å². The van der Waals surface area contributed by atoms with Crippen LogP contribution in [0.4, 0.5) is 8.78 Å². The highest BCUT2D eigenvalue weighted by Crippen LogP contribution is 2.22. The van der Waals surface area contributed by atoms with Crippen LogP contribution < -0.4 is 5.73 Å². The Labute approximate surface area is 103 Å². The van der Waals surface area contributed by atoms with Gasteiger partial charge in [0.2, 0.25) is 0 Å². The second-order valence-electron chi connectivity index (χ2n) is 4.66. The van der Waals surface area contributed by atoms with E-state index in [9.17, 15) is 13.6 Å². The zero-order valence-electron chi connectivity index (χ0n) is 9.70. The van der Waals surface area contributed by atoms with E-state index < -0.39 is 23.1 Å². The fraction of sp³-hybridized carbons (Fsp3) is 0.417. The monoisotopic (exact) mass is 256 g/mol. The molecule has 0 bridgehead atoms. The summed E-state index contributed by atoms with van der Waals surface area (Å²) in [6.07, 6.45) is 0.325. The van der Waals surface area contributed by atoms with Crippen LogP contribution in [0, 0.1) is 11.6 Å². The normalized spacial score (nSPS) is 24.4. The minimum absolute atomic E-state index is 0.166. The summed E-state index contributed by atoms with van der Waals surface area (Å²) in [5, 5.41) is 8.97. The van der Waals surface area contributed by atoms with Crippen molar-refractivity contribution >= 4 is 5.97 Å². The molecule has 1 heterocycles. The number of nitrogens with two attached hydrogens (primary N) is 1. The molecule has 1 saturated heterocycles. The van der Waals surface area contributed by atoms with Gasteiger partial charge < -0.3 is 10.8 Å². The zero-order valence-corrected chi connectivity index (χ0v) is 9.70. The molecule has 0 saturated carbocycles. The molecule has 0 radical (unpaired) electrons. The van der Waals surface area contributed by atoms with Gasteiger partial charge in [-0.15, -0.1) is 0 Å². The van der Waals surface area contributed by atoms with Crippen molar-refractivity contribution in [3.8, 4) is 0 Å². The van der Waals surface area contributed by atoms with Crippen LogP contribution in [-0.4, -0.2) is 34.6 Å². The molecule has 0 spiro atoms. The smallest absolute Gasteiger partial charge is 0.325 e. The highest BCUT2D eigenvalue weighted by atomic mass is 19.1. The van der Waals surface area contributed by atoms with Crippen molar-refractivity contribution in [2.24, 2.45) is 5.73 Å². The largest absolute Gasteiger partial charge is 0.480 e. The van der Waals surface area contributed by atoms with Crippen molar-refractivity contribution < 1.29 is 18.7 Å². The molecule has 1 aromatic carbocycles. The number of rotatable bonds is 3. The number of halogens is 2. The van der Waals surface area contributed by atoms with E-state index in [0.717, 1.165) is 6.07 Å². The van der Waals surface area contributed by atoms with Crippen LogP contribution >= 0.6 is 0 Å². The molecule has 3 N–H and O–H groups in total.